The summed E-state index contributed by atoms with van der Waals surface area (Å²) in [4.78, 5) is 11.8. The molecule has 0 aliphatic carbocycles. The van der Waals surface area contributed by atoms with Crippen molar-refractivity contribution in [1.29, 1.82) is 0 Å². The molecule has 2 nitrogen and oxygen atoms in total. The summed E-state index contributed by atoms with van der Waals surface area (Å²) >= 11 is 0. The summed E-state index contributed by atoms with van der Waals surface area (Å²) in [7, 11) is 0. The van der Waals surface area contributed by atoms with E-state index < -0.39 is 0 Å². The van der Waals surface area contributed by atoms with Crippen LogP contribution in [-0.4, -0.2) is 12.5 Å². The Morgan fingerprint density at radius 1 is 1.00 bits per heavy atom. The summed E-state index contributed by atoms with van der Waals surface area (Å²) in [5.41, 5.74) is 2.53. The van der Waals surface area contributed by atoms with Crippen LogP contribution in [0.4, 0.5) is 0 Å². The van der Waals surface area contributed by atoms with Gasteiger partial charge in [0, 0.05) is 12.6 Å². The minimum absolute atomic E-state index is 0.00143. The molecule has 0 atom stereocenters. The quantitative estimate of drug-likeness (QED) is 0.475. The van der Waals surface area contributed by atoms with Crippen molar-refractivity contribution in [3.63, 3.8) is 0 Å². The number of unbranched alkanes of at least 4 members (excludes halogenated alkanes) is 5. The molecule has 0 radical (unpaired) electrons. The van der Waals surface area contributed by atoms with Gasteiger partial charge >= 0.3 is 0 Å². The Balaban J connectivity index is 2.27. The van der Waals surface area contributed by atoms with Gasteiger partial charge in [-0.05, 0) is 29.0 Å². The maximum atomic E-state index is 11.8. The highest BCUT2D eigenvalue weighted by atomic mass is 16.1. The molecule has 0 saturated carbocycles. The first-order valence-electron chi connectivity index (χ1n) is 9.00. The second-order valence-corrected chi connectivity index (χ2v) is 7.26. The molecule has 0 unspecified atom stereocenters. The molecule has 1 rings (SSSR count). The molecule has 0 aliphatic rings. The van der Waals surface area contributed by atoms with Crippen LogP contribution in [0.1, 0.15) is 77.3 Å². The van der Waals surface area contributed by atoms with Gasteiger partial charge in [0.05, 0.1) is 0 Å². The average molecular weight is 316 g/mol. The van der Waals surface area contributed by atoms with Gasteiger partial charge in [-0.2, -0.15) is 0 Å². The number of amides is 1. The lowest BCUT2D eigenvalue weighted by atomic mass is 9.87. The Morgan fingerprint density at radius 2 is 1.61 bits per heavy atom. The Morgan fingerprint density at radius 3 is 2.22 bits per heavy atom. The van der Waals surface area contributed by atoms with Crippen LogP contribution in [-0.2, 0) is 10.2 Å². The Kier molecular flexibility index (Phi) is 8.68. The van der Waals surface area contributed by atoms with Gasteiger partial charge in [0.15, 0.2) is 0 Å². The van der Waals surface area contributed by atoms with Gasteiger partial charge in [-0.1, -0.05) is 84.1 Å². The van der Waals surface area contributed by atoms with Gasteiger partial charge in [0.2, 0.25) is 5.91 Å². The van der Waals surface area contributed by atoms with Gasteiger partial charge in [0.25, 0.3) is 0 Å². The summed E-state index contributed by atoms with van der Waals surface area (Å²) in [6.45, 7) is 9.61. The molecule has 1 aromatic rings. The third-order valence-corrected chi connectivity index (χ3v) is 4.03. The number of hydrogen-bond donors (Lipinski definition) is 1. The fourth-order valence-electron chi connectivity index (χ4n) is 2.44. The molecule has 0 spiro atoms. The van der Waals surface area contributed by atoms with E-state index >= 15 is 0 Å². The maximum Gasteiger partial charge on any atom is 0.243 e. The van der Waals surface area contributed by atoms with E-state index in [2.05, 4.69) is 57.3 Å². The molecule has 1 aromatic carbocycles. The van der Waals surface area contributed by atoms with Gasteiger partial charge in [-0.15, -0.1) is 0 Å². The van der Waals surface area contributed by atoms with E-state index in [1.54, 1.807) is 6.08 Å². The molecule has 0 bridgehead atoms. The standard InChI is InChI=1S/C21H33NO/c1-5-6-7-8-9-10-17-22-20(23)16-13-18-11-14-19(15-12-18)21(2,3)4/h11-16H,5-10,17H2,1-4H3,(H,22,23)/b16-13+. The average Bonchev–Trinajstić information content (AvgIpc) is 2.51. The Labute approximate surface area is 142 Å². The smallest absolute Gasteiger partial charge is 0.243 e. The van der Waals surface area contributed by atoms with E-state index in [1.165, 1.54) is 37.7 Å². The van der Waals surface area contributed by atoms with Crippen LogP contribution in [0.5, 0.6) is 0 Å². The minimum Gasteiger partial charge on any atom is -0.353 e. The third kappa shape index (κ3) is 8.59. The van der Waals surface area contributed by atoms with Crippen molar-refractivity contribution in [1.82, 2.24) is 5.32 Å². The summed E-state index contributed by atoms with van der Waals surface area (Å²) < 4.78 is 0. The van der Waals surface area contributed by atoms with Crippen molar-refractivity contribution in [3.8, 4) is 0 Å². The molecule has 1 N–H and O–H groups in total. The van der Waals surface area contributed by atoms with Crippen LogP contribution in [0.15, 0.2) is 30.3 Å². The molecule has 0 heterocycles. The number of benzene rings is 1. The largest absolute Gasteiger partial charge is 0.353 e. The monoisotopic (exact) mass is 315 g/mol. The number of carbonyl (C=O) groups is 1. The first kappa shape index (κ1) is 19.5. The lowest BCUT2D eigenvalue weighted by Gasteiger charge is -2.18. The van der Waals surface area contributed by atoms with Crippen molar-refractivity contribution in [3.05, 3.63) is 41.5 Å². The van der Waals surface area contributed by atoms with E-state index in [1.807, 2.05) is 6.08 Å². The first-order chi connectivity index (χ1) is 10.9. The molecule has 128 valence electrons. The number of carbonyl (C=O) groups excluding carboxylic acids is 1. The normalized spacial score (nSPS) is 11.8. The molecular formula is C21H33NO. The van der Waals surface area contributed by atoms with Crippen LogP contribution >= 0.6 is 0 Å². The van der Waals surface area contributed by atoms with E-state index in [-0.39, 0.29) is 11.3 Å². The highest BCUT2D eigenvalue weighted by molar-refractivity contribution is 5.91. The topological polar surface area (TPSA) is 29.1 Å². The fraction of sp³-hybridized carbons (Fsp3) is 0.571. The van der Waals surface area contributed by atoms with Crippen molar-refractivity contribution in [2.75, 3.05) is 6.54 Å². The lowest BCUT2D eigenvalue weighted by Crippen LogP contribution is -2.21. The molecule has 0 aromatic heterocycles. The summed E-state index contributed by atoms with van der Waals surface area (Å²) in [5, 5.41) is 2.95. The van der Waals surface area contributed by atoms with Crippen molar-refractivity contribution >= 4 is 12.0 Å². The Hall–Kier alpha value is -1.57. The number of nitrogens with one attached hydrogen (secondary N) is 1. The van der Waals surface area contributed by atoms with Gasteiger partial charge < -0.3 is 5.32 Å². The zero-order valence-corrected chi connectivity index (χ0v) is 15.3. The number of rotatable bonds is 9. The zero-order valence-electron chi connectivity index (χ0n) is 15.3. The fourth-order valence-corrected chi connectivity index (χ4v) is 2.44. The first-order valence-corrected chi connectivity index (χ1v) is 9.00. The van der Waals surface area contributed by atoms with Crippen LogP contribution in [0, 0.1) is 0 Å². The number of hydrogen-bond acceptors (Lipinski definition) is 1. The summed E-state index contributed by atoms with van der Waals surface area (Å²) in [5.74, 6) is -0.00143. The van der Waals surface area contributed by atoms with Gasteiger partial charge in [-0.25, -0.2) is 0 Å². The van der Waals surface area contributed by atoms with E-state index in [4.69, 9.17) is 0 Å². The SMILES string of the molecule is CCCCCCCCNC(=O)/C=C/c1ccc(C(C)(C)C)cc1. The van der Waals surface area contributed by atoms with E-state index in [9.17, 15) is 4.79 Å². The third-order valence-electron chi connectivity index (χ3n) is 4.03. The van der Waals surface area contributed by atoms with Crippen LogP contribution in [0.2, 0.25) is 0 Å². The maximum absolute atomic E-state index is 11.8. The van der Waals surface area contributed by atoms with Crippen LogP contribution < -0.4 is 5.32 Å². The highest BCUT2D eigenvalue weighted by Crippen LogP contribution is 2.22. The van der Waals surface area contributed by atoms with Crippen LogP contribution in [0.25, 0.3) is 6.08 Å². The highest BCUT2D eigenvalue weighted by Gasteiger charge is 2.12. The van der Waals surface area contributed by atoms with E-state index in [0.29, 0.717) is 0 Å². The van der Waals surface area contributed by atoms with Gasteiger partial charge in [-0.3, -0.25) is 4.79 Å². The van der Waals surface area contributed by atoms with E-state index in [0.717, 1.165) is 18.5 Å². The molecule has 0 aliphatic heterocycles. The molecule has 2 heteroatoms. The molecule has 23 heavy (non-hydrogen) atoms. The van der Waals surface area contributed by atoms with Crippen molar-refractivity contribution in [2.24, 2.45) is 0 Å². The van der Waals surface area contributed by atoms with Gasteiger partial charge in [0.1, 0.15) is 0 Å². The Bertz CT molecular complexity index is 480. The second kappa shape index (κ2) is 10.3. The minimum atomic E-state index is -0.00143. The molecule has 0 fully saturated rings. The predicted octanol–water partition coefficient (Wildman–Crippen LogP) is 5.47. The van der Waals surface area contributed by atoms with Crippen molar-refractivity contribution in [2.45, 2.75) is 71.6 Å². The summed E-state index contributed by atoms with van der Waals surface area (Å²) in [6.07, 6.45) is 11.0. The molecule has 1 amide bonds. The molecule has 0 saturated heterocycles. The lowest BCUT2D eigenvalue weighted by molar-refractivity contribution is -0.116. The van der Waals surface area contributed by atoms with Crippen LogP contribution in [0.3, 0.4) is 0 Å². The predicted molar refractivity (Wildman–Crippen MR) is 101 cm³/mol. The summed E-state index contributed by atoms with van der Waals surface area (Å²) in [6, 6.07) is 8.40. The zero-order chi connectivity index (χ0) is 17.1. The molecular weight excluding hydrogens is 282 g/mol. The van der Waals surface area contributed by atoms with Crippen molar-refractivity contribution < 1.29 is 4.79 Å². The second-order valence-electron chi connectivity index (χ2n) is 7.26.